The van der Waals surface area contributed by atoms with E-state index in [0.717, 1.165) is 11.1 Å². The number of ether oxygens (including phenoxy) is 5. The fourth-order valence-electron chi connectivity index (χ4n) is 1.66. The van der Waals surface area contributed by atoms with Crippen molar-refractivity contribution >= 4 is 11.6 Å². The number of rotatable bonds is 9. The lowest BCUT2D eigenvalue weighted by Crippen LogP contribution is -2.04. The van der Waals surface area contributed by atoms with Crippen LogP contribution in [0.25, 0.3) is 0 Å². The molecule has 0 spiro atoms. The van der Waals surface area contributed by atoms with E-state index in [-0.39, 0.29) is 13.6 Å². The highest BCUT2D eigenvalue weighted by Crippen LogP contribution is 2.29. The summed E-state index contributed by atoms with van der Waals surface area (Å²) in [5.74, 6) is 0.705. The molecule has 1 rings (SSSR count). The van der Waals surface area contributed by atoms with Gasteiger partial charge < -0.3 is 23.7 Å². The third kappa shape index (κ3) is 5.34. The summed E-state index contributed by atoms with van der Waals surface area (Å²) in [4.78, 5) is 0. The number of benzene rings is 1. The van der Waals surface area contributed by atoms with Crippen molar-refractivity contribution in [1.82, 2.24) is 0 Å². The summed E-state index contributed by atoms with van der Waals surface area (Å²) < 4.78 is 25.7. The molecule has 0 aliphatic heterocycles. The van der Waals surface area contributed by atoms with Gasteiger partial charge in [-0.15, -0.1) is 0 Å². The fourth-order valence-corrected chi connectivity index (χ4v) is 1.92. The molecule has 0 radical (unpaired) electrons. The van der Waals surface area contributed by atoms with Gasteiger partial charge in [0.15, 0.2) is 0 Å². The Morgan fingerprint density at radius 3 is 1.74 bits per heavy atom. The molecule has 0 aliphatic rings. The Balaban J connectivity index is 2.83. The molecule has 6 heteroatoms. The summed E-state index contributed by atoms with van der Waals surface area (Å²) in [7, 11) is 4.74. The van der Waals surface area contributed by atoms with Crippen molar-refractivity contribution in [3.63, 3.8) is 0 Å². The molecule has 0 saturated carbocycles. The lowest BCUT2D eigenvalue weighted by atomic mass is 10.1. The first-order valence-electron chi connectivity index (χ1n) is 5.71. The van der Waals surface area contributed by atoms with E-state index >= 15 is 0 Å². The van der Waals surface area contributed by atoms with Crippen molar-refractivity contribution in [2.24, 2.45) is 0 Å². The van der Waals surface area contributed by atoms with Crippen LogP contribution in [0.1, 0.15) is 11.1 Å². The molecule has 5 nitrogen and oxygen atoms in total. The van der Waals surface area contributed by atoms with Gasteiger partial charge in [-0.2, -0.15) is 0 Å². The predicted molar refractivity (Wildman–Crippen MR) is 71.3 cm³/mol. The Hall–Kier alpha value is -0.850. The minimum atomic E-state index is 0.213. The van der Waals surface area contributed by atoms with Crippen LogP contribution in [0.5, 0.6) is 5.75 Å². The molecule has 1 aromatic rings. The first-order valence-corrected chi connectivity index (χ1v) is 6.09. The maximum Gasteiger partial charge on any atom is 0.146 e. The third-order valence-electron chi connectivity index (χ3n) is 2.33. The second kappa shape index (κ2) is 9.12. The van der Waals surface area contributed by atoms with Crippen molar-refractivity contribution < 1.29 is 23.7 Å². The van der Waals surface area contributed by atoms with Crippen molar-refractivity contribution in [2.45, 2.75) is 13.2 Å². The molecule has 0 fully saturated rings. The molecule has 0 heterocycles. The minimum Gasteiger partial charge on any atom is -0.496 e. The Kier molecular flexibility index (Phi) is 7.78. The molecule has 1 aromatic carbocycles. The maximum atomic E-state index is 6.08. The molecule has 0 atom stereocenters. The Bertz CT molecular complexity index is 352. The second-order valence-electron chi connectivity index (χ2n) is 3.77. The van der Waals surface area contributed by atoms with E-state index in [2.05, 4.69) is 0 Å². The summed E-state index contributed by atoms with van der Waals surface area (Å²) in [6.45, 7) is 1.14. The molecule has 0 aliphatic carbocycles. The van der Waals surface area contributed by atoms with Gasteiger partial charge in [-0.1, -0.05) is 11.6 Å². The fraction of sp³-hybridized carbons (Fsp3) is 0.538. The largest absolute Gasteiger partial charge is 0.496 e. The molecule has 0 N–H and O–H groups in total. The SMILES string of the molecule is COCOCc1cc(Cl)cc(COCOC)c1OC. The standard InChI is InChI=1S/C13H19ClO5/c1-15-8-18-6-10-4-12(14)5-11(13(10)17-3)7-19-9-16-2/h4-5H,6-9H2,1-3H3. The van der Waals surface area contributed by atoms with Gasteiger partial charge >= 0.3 is 0 Å². The second-order valence-corrected chi connectivity index (χ2v) is 4.20. The highest BCUT2D eigenvalue weighted by Gasteiger charge is 2.11. The van der Waals surface area contributed by atoms with Crippen LogP contribution in [0.4, 0.5) is 0 Å². The lowest BCUT2D eigenvalue weighted by molar-refractivity contribution is -0.0415. The first-order chi connectivity index (χ1) is 9.22. The zero-order valence-corrected chi connectivity index (χ0v) is 12.2. The van der Waals surface area contributed by atoms with Crippen LogP contribution in [-0.4, -0.2) is 34.9 Å². The van der Waals surface area contributed by atoms with Crippen molar-refractivity contribution in [3.8, 4) is 5.75 Å². The summed E-state index contributed by atoms with van der Waals surface area (Å²) >= 11 is 6.08. The summed E-state index contributed by atoms with van der Waals surface area (Å²) in [5.41, 5.74) is 1.70. The molecule has 108 valence electrons. The molecule has 0 bridgehead atoms. The topological polar surface area (TPSA) is 46.2 Å². The zero-order valence-electron chi connectivity index (χ0n) is 11.4. The first kappa shape index (κ1) is 16.2. The number of methoxy groups -OCH3 is 3. The normalized spacial score (nSPS) is 10.7. The Morgan fingerprint density at radius 1 is 0.895 bits per heavy atom. The molecule has 19 heavy (non-hydrogen) atoms. The molecular formula is C13H19ClO5. The molecular weight excluding hydrogens is 272 g/mol. The minimum absolute atomic E-state index is 0.213. The smallest absolute Gasteiger partial charge is 0.146 e. The van der Waals surface area contributed by atoms with E-state index in [4.69, 9.17) is 35.3 Å². The lowest BCUT2D eigenvalue weighted by Gasteiger charge is -2.14. The molecule has 0 unspecified atom stereocenters. The Morgan fingerprint density at radius 2 is 1.37 bits per heavy atom. The van der Waals surface area contributed by atoms with E-state index in [9.17, 15) is 0 Å². The van der Waals surface area contributed by atoms with Gasteiger partial charge in [-0.3, -0.25) is 0 Å². The number of hydrogen-bond acceptors (Lipinski definition) is 5. The average Bonchev–Trinajstić information content (AvgIpc) is 2.39. The van der Waals surface area contributed by atoms with Crippen LogP contribution in [0, 0.1) is 0 Å². The summed E-state index contributed by atoms with van der Waals surface area (Å²) in [6, 6.07) is 3.60. The van der Waals surface area contributed by atoms with Gasteiger partial charge in [0, 0.05) is 30.4 Å². The average molecular weight is 291 g/mol. The third-order valence-corrected chi connectivity index (χ3v) is 2.55. The van der Waals surface area contributed by atoms with E-state index < -0.39 is 0 Å². The van der Waals surface area contributed by atoms with Crippen LogP contribution in [0.15, 0.2) is 12.1 Å². The zero-order chi connectivity index (χ0) is 14.1. The van der Waals surface area contributed by atoms with Gasteiger partial charge in [0.25, 0.3) is 0 Å². The van der Waals surface area contributed by atoms with Gasteiger partial charge in [0.05, 0.1) is 20.3 Å². The van der Waals surface area contributed by atoms with Crippen molar-refractivity contribution in [3.05, 3.63) is 28.3 Å². The number of hydrogen-bond donors (Lipinski definition) is 0. The van der Waals surface area contributed by atoms with Gasteiger partial charge in [0.1, 0.15) is 19.3 Å². The van der Waals surface area contributed by atoms with Crippen LogP contribution < -0.4 is 4.74 Å². The number of halogens is 1. The summed E-state index contributed by atoms with van der Waals surface area (Å²) in [5, 5.41) is 0.604. The van der Waals surface area contributed by atoms with E-state index in [1.54, 1.807) is 33.5 Å². The highest BCUT2D eigenvalue weighted by molar-refractivity contribution is 6.30. The van der Waals surface area contributed by atoms with Crippen LogP contribution in [0.2, 0.25) is 5.02 Å². The molecule has 0 amide bonds. The van der Waals surface area contributed by atoms with Crippen molar-refractivity contribution in [2.75, 3.05) is 34.9 Å². The van der Waals surface area contributed by atoms with E-state index in [1.807, 2.05) is 0 Å². The highest BCUT2D eigenvalue weighted by atomic mass is 35.5. The van der Waals surface area contributed by atoms with Gasteiger partial charge in [0.2, 0.25) is 0 Å². The van der Waals surface area contributed by atoms with Crippen LogP contribution >= 0.6 is 11.6 Å². The molecule has 0 aromatic heterocycles. The van der Waals surface area contributed by atoms with Crippen molar-refractivity contribution in [1.29, 1.82) is 0 Å². The quantitative estimate of drug-likeness (QED) is 0.517. The molecule has 0 saturated heterocycles. The van der Waals surface area contributed by atoms with Crippen LogP contribution in [0.3, 0.4) is 0 Å². The van der Waals surface area contributed by atoms with Crippen LogP contribution in [-0.2, 0) is 32.2 Å². The van der Waals surface area contributed by atoms with Gasteiger partial charge in [-0.05, 0) is 12.1 Å². The summed E-state index contributed by atoms with van der Waals surface area (Å²) in [6.07, 6.45) is 0. The monoisotopic (exact) mass is 290 g/mol. The predicted octanol–water partition coefficient (Wildman–Crippen LogP) is 2.59. The van der Waals surface area contributed by atoms with E-state index in [0.29, 0.717) is 24.0 Å². The van der Waals surface area contributed by atoms with E-state index in [1.165, 1.54) is 0 Å². The van der Waals surface area contributed by atoms with Gasteiger partial charge in [-0.25, -0.2) is 0 Å². The maximum absolute atomic E-state index is 6.08. The Labute approximate surface area is 118 Å².